The summed E-state index contributed by atoms with van der Waals surface area (Å²) in [6.07, 6.45) is 5.76. The van der Waals surface area contributed by atoms with Crippen molar-refractivity contribution in [2.24, 2.45) is 5.92 Å². The Balaban J connectivity index is 2.06. The van der Waals surface area contributed by atoms with E-state index in [0.29, 0.717) is 11.7 Å². The fraction of sp³-hybridized carbons (Fsp3) is 0.714. The lowest BCUT2D eigenvalue weighted by Gasteiger charge is -2.24. The Labute approximate surface area is 114 Å². The van der Waals surface area contributed by atoms with Gasteiger partial charge in [0.25, 0.3) is 5.56 Å². The maximum Gasteiger partial charge on any atom is 0.293 e. The Hall–Kier alpha value is -1.36. The molecule has 1 fully saturated rings. The number of aromatic nitrogens is 2. The monoisotopic (exact) mass is 264 g/mol. The van der Waals surface area contributed by atoms with Crippen molar-refractivity contribution in [2.45, 2.75) is 39.2 Å². The highest BCUT2D eigenvalue weighted by molar-refractivity contribution is 5.31. The van der Waals surface area contributed by atoms with Gasteiger partial charge in [0.15, 0.2) is 5.82 Å². The molecule has 2 rings (SSSR count). The zero-order valence-electron chi connectivity index (χ0n) is 12.1. The first-order chi connectivity index (χ1) is 8.98. The van der Waals surface area contributed by atoms with Crippen molar-refractivity contribution in [3.8, 4) is 0 Å². The van der Waals surface area contributed by atoms with Crippen LogP contribution < -0.4 is 16.2 Å². The molecule has 1 aromatic rings. The fourth-order valence-corrected chi connectivity index (χ4v) is 2.39. The van der Waals surface area contributed by atoms with E-state index in [4.69, 9.17) is 0 Å². The molecule has 0 unspecified atom stereocenters. The van der Waals surface area contributed by atoms with Crippen LogP contribution in [0.25, 0.3) is 0 Å². The number of anilines is 1. The van der Waals surface area contributed by atoms with Gasteiger partial charge in [0.1, 0.15) is 0 Å². The molecule has 0 aromatic carbocycles. The summed E-state index contributed by atoms with van der Waals surface area (Å²) in [5, 5.41) is 6.57. The Bertz CT molecular complexity index is 469. The van der Waals surface area contributed by atoms with E-state index in [9.17, 15) is 4.79 Å². The third kappa shape index (κ3) is 3.56. The van der Waals surface area contributed by atoms with Crippen LogP contribution >= 0.6 is 0 Å². The molecule has 1 aliphatic rings. The van der Waals surface area contributed by atoms with Crippen LogP contribution in [0.1, 0.15) is 33.6 Å². The van der Waals surface area contributed by atoms with E-state index in [0.717, 1.165) is 32.5 Å². The number of piperidine rings is 1. The zero-order valence-corrected chi connectivity index (χ0v) is 12.1. The molecule has 2 heterocycles. The second kappa shape index (κ2) is 5.74. The SMILES string of the molecule is CC(C)(C)n1ccnc(NCC2CCNCC2)c1=O. The highest BCUT2D eigenvalue weighted by Gasteiger charge is 2.18. The van der Waals surface area contributed by atoms with Gasteiger partial charge in [0.2, 0.25) is 0 Å². The summed E-state index contributed by atoms with van der Waals surface area (Å²) >= 11 is 0. The third-order valence-corrected chi connectivity index (χ3v) is 3.58. The summed E-state index contributed by atoms with van der Waals surface area (Å²) in [6, 6.07) is 0. The first-order valence-corrected chi connectivity index (χ1v) is 7.01. The van der Waals surface area contributed by atoms with Crippen LogP contribution in [0, 0.1) is 5.92 Å². The lowest BCUT2D eigenvalue weighted by molar-refractivity contribution is 0.380. The van der Waals surface area contributed by atoms with Crippen molar-refractivity contribution in [1.82, 2.24) is 14.9 Å². The maximum atomic E-state index is 12.3. The normalized spacial score (nSPS) is 17.4. The molecule has 106 valence electrons. The number of rotatable bonds is 3. The van der Waals surface area contributed by atoms with Crippen LogP contribution in [0.3, 0.4) is 0 Å². The number of hydrogen-bond donors (Lipinski definition) is 2. The average molecular weight is 264 g/mol. The zero-order chi connectivity index (χ0) is 13.9. The first kappa shape index (κ1) is 14.1. The Morgan fingerprint density at radius 2 is 2.11 bits per heavy atom. The van der Waals surface area contributed by atoms with Gasteiger partial charge in [-0.3, -0.25) is 4.79 Å². The Morgan fingerprint density at radius 1 is 1.42 bits per heavy atom. The van der Waals surface area contributed by atoms with E-state index in [-0.39, 0.29) is 11.1 Å². The molecule has 19 heavy (non-hydrogen) atoms. The smallest absolute Gasteiger partial charge is 0.293 e. The van der Waals surface area contributed by atoms with Crippen LogP contribution in [0.2, 0.25) is 0 Å². The summed E-state index contributed by atoms with van der Waals surface area (Å²) in [5.74, 6) is 1.10. The molecular formula is C14H24N4O. The van der Waals surface area contributed by atoms with Crippen molar-refractivity contribution in [1.29, 1.82) is 0 Å². The summed E-state index contributed by atoms with van der Waals surface area (Å²) in [7, 11) is 0. The van der Waals surface area contributed by atoms with Crippen molar-refractivity contribution in [3.05, 3.63) is 22.7 Å². The summed E-state index contributed by atoms with van der Waals surface area (Å²) in [6.45, 7) is 9.03. The van der Waals surface area contributed by atoms with Gasteiger partial charge in [-0.05, 0) is 52.6 Å². The van der Waals surface area contributed by atoms with E-state index in [1.165, 1.54) is 0 Å². The van der Waals surface area contributed by atoms with Gasteiger partial charge in [-0.15, -0.1) is 0 Å². The molecule has 0 bridgehead atoms. The van der Waals surface area contributed by atoms with E-state index in [2.05, 4.69) is 15.6 Å². The van der Waals surface area contributed by atoms with E-state index < -0.39 is 0 Å². The predicted molar refractivity (Wildman–Crippen MR) is 77.6 cm³/mol. The molecular weight excluding hydrogens is 240 g/mol. The molecule has 5 heteroatoms. The van der Waals surface area contributed by atoms with Gasteiger partial charge in [0.05, 0.1) is 0 Å². The summed E-state index contributed by atoms with van der Waals surface area (Å²) in [5.41, 5.74) is -0.255. The highest BCUT2D eigenvalue weighted by atomic mass is 16.1. The minimum atomic E-state index is -0.217. The van der Waals surface area contributed by atoms with E-state index in [1.807, 2.05) is 20.8 Å². The molecule has 1 aromatic heterocycles. The van der Waals surface area contributed by atoms with Crippen LogP contribution in [0.15, 0.2) is 17.2 Å². The number of nitrogens with zero attached hydrogens (tertiary/aromatic N) is 2. The predicted octanol–water partition coefficient (Wildman–Crippen LogP) is 1.41. The largest absolute Gasteiger partial charge is 0.365 e. The molecule has 1 saturated heterocycles. The molecule has 0 aliphatic carbocycles. The van der Waals surface area contributed by atoms with Crippen LogP contribution in [-0.4, -0.2) is 29.2 Å². The van der Waals surface area contributed by atoms with Gasteiger partial charge >= 0.3 is 0 Å². The van der Waals surface area contributed by atoms with Gasteiger partial charge in [0, 0.05) is 24.5 Å². The quantitative estimate of drug-likeness (QED) is 0.866. The molecule has 0 atom stereocenters. The molecule has 2 N–H and O–H groups in total. The van der Waals surface area contributed by atoms with Gasteiger partial charge < -0.3 is 15.2 Å². The summed E-state index contributed by atoms with van der Waals surface area (Å²) in [4.78, 5) is 16.5. The first-order valence-electron chi connectivity index (χ1n) is 7.01. The topological polar surface area (TPSA) is 59.0 Å². The molecule has 0 amide bonds. The van der Waals surface area contributed by atoms with Crippen LogP contribution in [0.4, 0.5) is 5.82 Å². The van der Waals surface area contributed by atoms with Gasteiger partial charge in [-0.25, -0.2) is 4.98 Å². The Kier molecular flexibility index (Phi) is 4.24. The molecule has 0 radical (unpaired) electrons. The van der Waals surface area contributed by atoms with E-state index in [1.54, 1.807) is 17.0 Å². The van der Waals surface area contributed by atoms with Crippen LogP contribution in [-0.2, 0) is 5.54 Å². The Morgan fingerprint density at radius 3 is 2.74 bits per heavy atom. The highest BCUT2D eigenvalue weighted by Crippen LogP contribution is 2.13. The number of nitrogens with one attached hydrogen (secondary N) is 2. The van der Waals surface area contributed by atoms with Crippen molar-refractivity contribution in [2.75, 3.05) is 25.0 Å². The second-order valence-electron chi connectivity index (χ2n) is 6.20. The molecule has 0 saturated carbocycles. The van der Waals surface area contributed by atoms with Crippen molar-refractivity contribution < 1.29 is 0 Å². The fourth-order valence-electron chi connectivity index (χ4n) is 2.39. The minimum absolute atomic E-state index is 0.0380. The summed E-state index contributed by atoms with van der Waals surface area (Å²) < 4.78 is 1.73. The standard InChI is InChI=1S/C14H24N4O/c1-14(2,3)18-9-8-16-12(13(18)19)17-10-11-4-6-15-7-5-11/h8-9,11,15H,4-7,10H2,1-3H3,(H,16,17). The number of hydrogen-bond acceptors (Lipinski definition) is 4. The van der Waals surface area contributed by atoms with Crippen LogP contribution in [0.5, 0.6) is 0 Å². The van der Waals surface area contributed by atoms with Crippen molar-refractivity contribution in [3.63, 3.8) is 0 Å². The average Bonchev–Trinajstić information content (AvgIpc) is 2.37. The lowest BCUT2D eigenvalue weighted by atomic mass is 9.98. The third-order valence-electron chi connectivity index (χ3n) is 3.58. The van der Waals surface area contributed by atoms with Gasteiger partial charge in [-0.2, -0.15) is 0 Å². The molecule has 0 spiro atoms. The van der Waals surface area contributed by atoms with E-state index >= 15 is 0 Å². The second-order valence-corrected chi connectivity index (χ2v) is 6.20. The van der Waals surface area contributed by atoms with Crippen molar-refractivity contribution >= 4 is 5.82 Å². The molecule has 5 nitrogen and oxygen atoms in total. The van der Waals surface area contributed by atoms with Gasteiger partial charge in [-0.1, -0.05) is 0 Å². The maximum absolute atomic E-state index is 12.3. The lowest BCUT2D eigenvalue weighted by Crippen LogP contribution is -2.36. The minimum Gasteiger partial charge on any atom is -0.365 e. The molecule has 1 aliphatic heterocycles.